The predicted octanol–water partition coefficient (Wildman–Crippen LogP) is 3.18. The van der Waals surface area contributed by atoms with Crippen molar-refractivity contribution in [3.63, 3.8) is 0 Å². The number of nitrogens with zero attached hydrogens (tertiary/aromatic N) is 3. The normalized spacial score (nSPS) is 20.0. The fourth-order valence-electron chi connectivity index (χ4n) is 4.06. The smallest absolute Gasteiger partial charge is 0.245 e. The molecular formula is C22H24ClN3O2. The molecule has 0 aliphatic carbocycles. The van der Waals surface area contributed by atoms with Crippen molar-refractivity contribution < 1.29 is 9.59 Å². The van der Waals surface area contributed by atoms with E-state index in [0.29, 0.717) is 32.5 Å². The Balaban J connectivity index is 1.40. The maximum atomic E-state index is 13.1. The zero-order chi connectivity index (χ0) is 19.5. The third-order valence-electron chi connectivity index (χ3n) is 5.59. The molecule has 0 radical (unpaired) electrons. The highest BCUT2D eigenvalue weighted by atomic mass is 35.5. The molecule has 2 fully saturated rings. The van der Waals surface area contributed by atoms with E-state index in [0.717, 1.165) is 29.4 Å². The van der Waals surface area contributed by atoms with Gasteiger partial charge < -0.3 is 14.7 Å². The largest absolute Gasteiger partial charge is 0.367 e. The van der Waals surface area contributed by atoms with Crippen molar-refractivity contribution in [3.8, 4) is 0 Å². The maximum Gasteiger partial charge on any atom is 0.245 e. The Morgan fingerprint density at radius 3 is 2.36 bits per heavy atom. The van der Waals surface area contributed by atoms with E-state index in [1.165, 1.54) is 0 Å². The van der Waals surface area contributed by atoms with Gasteiger partial charge in [0.15, 0.2) is 0 Å². The zero-order valence-corrected chi connectivity index (χ0v) is 16.5. The van der Waals surface area contributed by atoms with E-state index < -0.39 is 0 Å². The topological polar surface area (TPSA) is 43.9 Å². The molecule has 6 heteroatoms. The van der Waals surface area contributed by atoms with Crippen LogP contribution in [0, 0.1) is 0 Å². The summed E-state index contributed by atoms with van der Waals surface area (Å²) in [4.78, 5) is 31.4. The number of para-hydroxylation sites is 1. The Morgan fingerprint density at radius 2 is 1.64 bits per heavy atom. The van der Waals surface area contributed by atoms with Gasteiger partial charge in [-0.25, -0.2) is 0 Å². The van der Waals surface area contributed by atoms with Crippen molar-refractivity contribution in [1.82, 2.24) is 9.80 Å². The Bertz CT molecular complexity index is 850. The van der Waals surface area contributed by atoms with Crippen LogP contribution >= 0.6 is 11.6 Å². The summed E-state index contributed by atoms with van der Waals surface area (Å²) in [6, 6.07) is 17.3. The van der Waals surface area contributed by atoms with Gasteiger partial charge in [0, 0.05) is 39.1 Å². The molecule has 2 aromatic carbocycles. The van der Waals surface area contributed by atoms with Gasteiger partial charge in [0.2, 0.25) is 11.8 Å². The minimum atomic E-state index is -0.348. The van der Waals surface area contributed by atoms with Crippen LogP contribution in [-0.4, -0.2) is 53.8 Å². The molecule has 146 valence electrons. The van der Waals surface area contributed by atoms with Crippen LogP contribution in [0.4, 0.5) is 5.69 Å². The van der Waals surface area contributed by atoms with Gasteiger partial charge in [-0.2, -0.15) is 0 Å². The Kier molecular flexibility index (Phi) is 5.53. The van der Waals surface area contributed by atoms with Gasteiger partial charge >= 0.3 is 0 Å². The monoisotopic (exact) mass is 397 g/mol. The van der Waals surface area contributed by atoms with E-state index in [1.807, 2.05) is 59.5 Å². The highest BCUT2D eigenvalue weighted by Crippen LogP contribution is 2.27. The summed E-state index contributed by atoms with van der Waals surface area (Å²) in [5.41, 5.74) is 2.07. The number of hydrogen-bond acceptors (Lipinski definition) is 3. The minimum Gasteiger partial charge on any atom is -0.367 e. The predicted molar refractivity (Wildman–Crippen MR) is 110 cm³/mol. The minimum absolute atomic E-state index is 0.0666. The fourth-order valence-corrected chi connectivity index (χ4v) is 4.31. The van der Waals surface area contributed by atoms with Gasteiger partial charge in [-0.3, -0.25) is 9.59 Å². The number of benzene rings is 2. The molecule has 2 heterocycles. The third-order valence-corrected chi connectivity index (χ3v) is 5.91. The standard InChI is InChI=1S/C22H24ClN3O2/c23-18-8-4-5-9-19(18)24-12-14-25(15-13-24)22(28)20-10-11-21(27)26(20)16-17-6-2-1-3-7-17/h1-9,20H,10-16H2/t20-/m0/s1. The maximum absolute atomic E-state index is 13.1. The average molecular weight is 398 g/mol. The number of amides is 2. The molecule has 4 rings (SSSR count). The molecule has 0 N–H and O–H groups in total. The molecule has 2 amide bonds. The molecule has 0 saturated carbocycles. The lowest BCUT2D eigenvalue weighted by Crippen LogP contribution is -2.54. The van der Waals surface area contributed by atoms with E-state index in [1.54, 1.807) is 4.90 Å². The summed E-state index contributed by atoms with van der Waals surface area (Å²) in [5, 5.41) is 0.734. The first-order valence-electron chi connectivity index (χ1n) is 9.75. The van der Waals surface area contributed by atoms with E-state index in [2.05, 4.69) is 4.90 Å². The van der Waals surface area contributed by atoms with Crippen molar-refractivity contribution in [2.45, 2.75) is 25.4 Å². The summed E-state index contributed by atoms with van der Waals surface area (Å²) in [6.07, 6.45) is 1.05. The summed E-state index contributed by atoms with van der Waals surface area (Å²) in [6.45, 7) is 3.28. The van der Waals surface area contributed by atoms with Gasteiger partial charge in [0.05, 0.1) is 10.7 Å². The van der Waals surface area contributed by atoms with Crippen LogP contribution in [0.25, 0.3) is 0 Å². The first-order valence-corrected chi connectivity index (χ1v) is 10.1. The zero-order valence-electron chi connectivity index (χ0n) is 15.8. The Hall–Kier alpha value is -2.53. The van der Waals surface area contributed by atoms with Gasteiger partial charge in [0.1, 0.15) is 6.04 Å². The SMILES string of the molecule is O=C([C@@H]1CCC(=O)N1Cc1ccccc1)N1CCN(c2ccccc2Cl)CC1. The molecule has 2 saturated heterocycles. The van der Waals surface area contributed by atoms with E-state index >= 15 is 0 Å². The molecule has 28 heavy (non-hydrogen) atoms. The highest BCUT2D eigenvalue weighted by molar-refractivity contribution is 6.33. The van der Waals surface area contributed by atoms with Crippen molar-refractivity contribution >= 4 is 29.1 Å². The molecule has 2 aromatic rings. The Labute approximate surface area is 170 Å². The number of anilines is 1. The lowest BCUT2D eigenvalue weighted by molar-refractivity contribution is -0.142. The summed E-state index contributed by atoms with van der Waals surface area (Å²) in [5.74, 6) is 0.137. The van der Waals surface area contributed by atoms with Crippen molar-refractivity contribution in [2.24, 2.45) is 0 Å². The van der Waals surface area contributed by atoms with Crippen LogP contribution in [0.3, 0.4) is 0 Å². The number of rotatable bonds is 4. The lowest BCUT2D eigenvalue weighted by Gasteiger charge is -2.38. The van der Waals surface area contributed by atoms with E-state index in [-0.39, 0.29) is 17.9 Å². The number of carbonyl (C=O) groups is 2. The molecule has 2 aliphatic heterocycles. The van der Waals surface area contributed by atoms with Gasteiger partial charge in [0.25, 0.3) is 0 Å². The van der Waals surface area contributed by atoms with E-state index in [9.17, 15) is 9.59 Å². The number of likely N-dealkylation sites (tertiary alicyclic amines) is 1. The number of hydrogen-bond donors (Lipinski definition) is 0. The molecule has 0 spiro atoms. The average Bonchev–Trinajstić information content (AvgIpc) is 3.09. The molecule has 1 atom stereocenters. The van der Waals surface area contributed by atoms with Crippen molar-refractivity contribution in [2.75, 3.05) is 31.1 Å². The van der Waals surface area contributed by atoms with Gasteiger partial charge in [-0.05, 0) is 24.1 Å². The Morgan fingerprint density at radius 1 is 0.964 bits per heavy atom. The van der Waals surface area contributed by atoms with Crippen LogP contribution in [0.5, 0.6) is 0 Å². The summed E-state index contributed by atoms with van der Waals surface area (Å²) >= 11 is 6.31. The van der Waals surface area contributed by atoms with Crippen LogP contribution in [0.2, 0.25) is 5.02 Å². The highest BCUT2D eigenvalue weighted by Gasteiger charge is 2.38. The quantitative estimate of drug-likeness (QED) is 0.795. The van der Waals surface area contributed by atoms with Crippen molar-refractivity contribution in [3.05, 3.63) is 65.2 Å². The summed E-state index contributed by atoms with van der Waals surface area (Å²) in [7, 11) is 0. The number of carbonyl (C=O) groups excluding carboxylic acids is 2. The number of piperazine rings is 1. The second kappa shape index (κ2) is 8.23. The van der Waals surface area contributed by atoms with Crippen LogP contribution in [0.15, 0.2) is 54.6 Å². The molecule has 2 aliphatic rings. The second-order valence-electron chi connectivity index (χ2n) is 7.33. The van der Waals surface area contributed by atoms with Crippen LogP contribution < -0.4 is 4.90 Å². The van der Waals surface area contributed by atoms with Gasteiger partial charge in [-0.1, -0.05) is 54.1 Å². The van der Waals surface area contributed by atoms with Crippen LogP contribution in [0.1, 0.15) is 18.4 Å². The second-order valence-corrected chi connectivity index (χ2v) is 7.73. The lowest BCUT2D eigenvalue weighted by atomic mass is 10.1. The first kappa shape index (κ1) is 18.8. The molecule has 0 aromatic heterocycles. The molecule has 0 unspecified atom stereocenters. The van der Waals surface area contributed by atoms with Gasteiger partial charge in [-0.15, -0.1) is 0 Å². The number of halogens is 1. The van der Waals surface area contributed by atoms with Crippen LogP contribution in [-0.2, 0) is 16.1 Å². The third kappa shape index (κ3) is 3.85. The fraction of sp³-hybridized carbons (Fsp3) is 0.364. The molecule has 0 bridgehead atoms. The van der Waals surface area contributed by atoms with E-state index in [4.69, 9.17) is 11.6 Å². The molecular weight excluding hydrogens is 374 g/mol. The summed E-state index contributed by atoms with van der Waals surface area (Å²) < 4.78 is 0. The molecule has 5 nitrogen and oxygen atoms in total. The first-order chi connectivity index (χ1) is 13.6. The van der Waals surface area contributed by atoms with Crippen molar-refractivity contribution in [1.29, 1.82) is 0 Å².